The number of benzene rings is 2. The first kappa shape index (κ1) is 23.9. The maximum Gasteiger partial charge on any atom is 0.242 e. The zero-order valence-electron chi connectivity index (χ0n) is 17.5. The van der Waals surface area contributed by atoms with Crippen molar-refractivity contribution in [3.8, 4) is 0 Å². The van der Waals surface area contributed by atoms with Crippen LogP contribution in [-0.2, 0) is 22.6 Å². The molecule has 2 amide bonds. The number of carbonyl (C=O) groups excluding carboxylic acids is 2. The van der Waals surface area contributed by atoms with E-state index >= 15 is 0 Å². The molecule has 0 unspecified atom stereocenters. The molecule has 0 bridgehead atoms. The van der Waals surface area contributed by atoms with Gasteiger partial charge in [0.2, 0.25) is 11.8 Å². The van der Waals surface area contributed by atoms with Crippen LogP contribution in [0.3, 0.4) is 0 Å². The molecule has 1 atom stereocenters. The van der Waals surface area contributed by atoms with Crippen molar-refractivity contribution >= 4 is 46.6 Å². The fraction of sp³-hybridized carbons (Fsp3) is 0.417. The van der Waals surface area contributed by atoms with Crippen molar-refractivity contribution in [3.63, 3.8) is 0 Å². The molecule has 0 heterocycles. The molecule has 1 saturated carbocycles. The highest BCUT2D eigenvalue weighted by atomic mass is 35.5. The van der Waals surface area contributed by atoms with Crippen LogP contribution in [0.2, 0.25) is 15.1 Å². The molecule has 2 aromatic carbocycles. The van der Waals surface area contributed by atoms with E-state index in [-0.39, 0.29) is 24.3 Å². The summed E-state index contributed by atoms with van der Waals surface area (Å²) in [6.07, 6.45) is 5.57. The lowest BCUT2D eigenvalue weighted by Crippen LogP contribution is -2.50. The summed E-state index contributed by atoms with van der Waals surface area (Å²) < 4.78 is 0. The molecule has 7 heteroatoms. The van der Waals surface area contributed by atoms with Crippen LogP contribution in [0.5, 0.6) is 0 Å². The normalized spacial score (nSPS) is 15.4. The zero-order chi connectivity index (χ0) is 22.4. The van der Waals surface area contributed by atoms with E-state index in [0.717, 1.165) is 36.8 Å². The molecule has 1 aliphatic rings. The van der Waals surface area contributed by atoms with Gasteiger partial charge < -0.3 is 10.2 Å². The van der Waals surface area contributed by atoms with Gasteiger partial charge in [0.05, 0.1) is 16.5 Å². The van der Waals surface area contributed by atoms with Crippen molar-refractivity contribution in [2.24, 2.45) is 0 Å². The van der Waals surface area contributed by atoms with Gasteiger partial charge in [-0.3, -0.25) is 9.59 Å². The highest BCUT2D eigenvalue weighted by Crippen LogP contribution is 2.24. The molecule has 166 valence electrons. The number of nitrogens with zero attached hydrogens (tertiary/aromatic N) is 1. The predicted octanol–water partition coefficient (Wildman–Crippen LogP) is 6.06. The highest BCUT2D eigenvalue weighted by Gasteiger charge is 2.28. The minimum atomic E-state index is -0.615. The zero-order valence-corrected chi connectivity index (χ0v) is 19.8. The third kappa shape index (κ3) is 6.86. The van der Waals surface area contributed by atoms with Crippen molar-refractivity contribution < 1.29 is 9.59 Å². The molecule has 31 heavy (non-hydrogen) atoms. The SMILES string of the molecule is C[C@@H](C(=O)NC1CCCCC1)N(Cc1cccc(Cl)c1)C(=O)Cc1ccc(Cl)c(Cl)c1. The van der Waals surface area contributed by atoms with Crippen LogP contribution in [-0.4, -0.2) is 28.8 Å². The molecule has 0 aliphatic heterocycles. The van der Waals surface area contributed by atoms with E-state index in [4.69, 9.17) is 34.8 Å². The van der Waals surface area contributed by atoms with E-state index in [1.807, 2.05) is 18.2 Å². The van der Waals surface area contributed by atoms with Gasteiger partial charge in [0.15, 0.2) is 0 Å². The Hall–Kier alpha value is -1.75. The Morgan fingerprint density at radius 2 is 1.74 bits per heavy atom. The topological polar surface area (TPSA) is 49.4 Å². The van der Waals surface area contributed by atoms with Crippen molar-refractivity contribution in [3.05, 3.63) is 68.7 Å². The molecule has 1 aliphatic carbocycles. The molecule has 0 aromatic heterocycles. The Labute approximate surface area is 198 Å². The van der Waals surface area contributed by atoms with Crippen LogP contribution in [0.15, 0.2) is 42.5 Å². The summed E-state index contributed by atoms with van der Waals surface area (Å²) in [5.41, 5.74) is 1.61. The van der Waals surface area contributed by atoms with Gasteiger partial charge in [-0.25, -0.2) is 0 Å². The molecular formula is C24H27Cl3N2O2. The third-order valence-corrected chi connectivity index (χ3v) is 6.67. The second kappa shape index (κ2) is 11.2. The van der Waals surface area contributed by atoms with Gasteiger partial charge in [0.25, 0.3) is 0 Å². The first-order valence-corrected chi connectivity index (χ1v) is 11.7. The number of carbonyl (C=O) groups is 2. The average Bonchev–Trinajstić information content (AvgIpc) is 2.75. The van der Waals surface area contributed by atoms with Crippen LogP contribution in [0, 0.1) is 0 Å². The van der Waals surface area contributed by atoms with Crippen LogP contribution < -0.4 is 5.32 Å². The summed E-state index contributed by atoms with van der Waals surface area (Å²) in [6.45, 7) is 2.06. The van der Waals surface area contributed by atoms with Gasteiger partial charge in [-0.05, 0) is 55.2 Å². The highest BCUT2D eigenvalue weighted by molar-refractivity contribution is 6.42. The van der Waals surface area contributed by atoms with Gasteiger partial charge in [0.1, 0.15) is 6.04 Å². The number of halogens is 3. The van der Waals surface area contributed by atoms with E-state index in [1.165, 1.54) is 6.42 Å². The Balaban J connectivity index is 1.77. The van der Waals surface area contributed by atoms with Crippen LogP contribution in [0.4, 0.5) is 0 Å². The van der Waals surface area contributed by atoms with E-state index in [1.54, 1.807) is 36.1 Å². The third-order valence-electron chi connectivity index (χ3n) is 5.70. The lowest BCUT2D eigenvalue weighted by Gasteiger charge is -2.31. The number of rotatable bonds is 7. The Morgan fingerprint density at radius 3 is 2.42 bits per heavy atom. The minimum absolute atomic E-state index is 0.124. The van der Waals surface area contributed by atoms with Gasteiger partial charge in [0, 0.05) is 17.6 Å². The number of nitrogens with one attached hydrogen (secondary N) is 1. The average molecular weight is 482 g/mol. The standard InChI is InChI=1S/C24H27Cl3N2O2/c1-16(24(31)28-20-8-3-2-4-9-20)29(15-18-6-5-7-19(25)12-18)23(30)14-17-10-11-21(26)22(27)13-17/h5-7,10-13,16,20H,2-4,8-9,14-15H2,1H3,(H,28,31)/t16-/m0/s1. The Bertz CT molecular complexity index is 929. The largest absolute Gasteiger partial charge is 0.352 e. The van der Waals surface area contributed by atoms with Crippen LogP contribution in [0.1, 0.15) is 50.2 Å². The maximum atomic E-state index is 13.3. The number of hydrogen-bond donors (Lipinski definition) is 1. The lowest BCUT2D eigenvalue weighted by atomic mass is 9.95. The number of hydrogen-bond acceptors (Lipinski definition) is 2. The second-order valence-corrected chi connectivity index (χ2v) is 9.35. The molecule has 1 fully saturated rings. The molecule has 0 saturated heterocycles. The van der Waals surface area contributed by atoms with Crippen molar-refractivity contribution in [2.45, 2.75) is 64.1 Å². The fourth-order valence-corrected chi connectivity index (χ4v) is 4.44. The van der Waals surface area contributed by atoms with Crippen LogP contribution >= 0.6 is 34.8 Å². The molecule has 0 radical (unpaired) electrons. The fourth-order valence-electron chi connectivity index (χ4n) is 3.91. The summed E-state index contributed by atoms with van der Waals surface area (Å²) in [5, 5.41) is 4.56. The van der Waals surface area contributed by atoms with Gasteiger partial charge in [-0.1, -0.05) is 72.3 Å². The van der Waals surface area contributed by atoms with Crippen molar-refractivity contribution in [2.75, 3.05) is 0 Å². The van der Waals surface area contributed by atoms with Gasteiger partial charge in [-0.2, -0.15) is 0 Å². The molecule has 2 aromatic rings. The summed E-state index contributed by atoms with van der Waals surface area (Å²) >= 11 is 18.2. The summed E-state index contributed by atoms with van der Waals surface area (Å²) in [6, 6.07) is 12.0. The van der Waals surface area contributed by atoms with Crippen molar-refractivity contribution in [1.82, 2.24) is 10.2 Å². The smallest absolute Gasteiger partial charge is 0.242 e. The maximum absolute atomic E-state index is 13.3. The Kier molecular flexibility index (Phi) is 8.65. The molecule has 1 N–H and O–H groups in total. The second-order valence-electron chi connectivity index (χ2n) is 8.10. The van der Waals surface area contributed by atoms with E-state index in [2.05, 4.69) is 5.32 Å². The molecular weight excluding hydrogens is 455 g/mol. The summed E-state index contributed by atoms with van der Waals surface area (Å²) in [7, 11) is 0. The first-order chi connectivity index (χ1) is 14.8. The van der Waals surface area contributed by atoms with Gasteiger partial charge >= 0.3 is 0 Å². The van der Waals surface area contributed by atoms with Gasteiger partial charge in [-0.15, -0.1) is 0 Å². The minimum Gasteiger partial charge on any atom is -0.352 e. The monoisotopic (exact) mass is 480 g/mol. The Morgan fingerprint density at radius 1 is 1.00 bits per heavy atom. The quantitative estimate of drug-likeness (QED) is 0.523. The first-order valence-electron chi connectivity index (χ1n) is 10.6. The molecule has 0 spiro atoms. The summed E-state index contributed by atoms with van der Waals surface area (Å²) in [5.74, 6) is -0.291. The summed E-state index contributed by atoms with van der Waals surface area (Å²) in [4.78, 5) is 27.9. The molecule has 4 nitrogen and oxygen atoms in total. The van der Waals surface area contributed by atoms with E-state index in [0.29, 0.717) is 21.6 Å². The number of amides is 2. The van der Waals surface area contributed by atoms with Crippen molar-refractivity contribution in [1.29, 1.82) is 0 Å². The van der Waals surface area contributed by atoms with Crippen LogP contribution in [0.25, 0.3) is 0 Å². The lowest BCUT2D eigenvalue weighted by molar-refractivity contribution is -0.140. The van der Waals surface area contributed by atoms with E-state index in [9.17, 15) is 9.59 Å². The predicted molar refractivity (Wildman–Crippen MR) is 127 cm³/mol. The molecule has 3 rings (SSSR count). The van der Waals surface area contributed by atoms with E-state index < -0.39 is 6.04 Å².